The highest BCUT2D eigenvalue weighted by Gasteiger charge is 2.20. The van der Waals surface area contributed by atoms with E-state index in [1.807, 2.05) is 36.4 Å². The van der Waals surface area contributed by atoms with Crippen LogP contribution < -0.4 is 0 Å². The van der Waals surface area contributed by atoms with Gasteiger partial charge >= 0.3 is 0 Å². The molecule has 0 unspecified atom stereocenters. The molecule has 3 aromatic heterocycles. The number of oxazole rings is 2. The maximum atomic E-state index is 10.2. The fourth-order valence-corrected chi connectivity index (χ4v) is 8.51. The molecule has 6 heteroatoms. The molecule has 3 heterocycles. The summed E-state index contributed by atoms with van der Waals surface area (Å²) in [5.74, 6) is 1.09. The van der Waals surface area contributed by atoms with Crippen molar-refractivity contribution in [2.24, 2.45) is 0 Å². The van der Waals surface area contributed by atoms with Crippen molar-refractivity contribution in [2.75, 3.05) is 0 Å². The fourth-order valence-electron chi connectivity index (χ4n) is 8.51. The normalized spacial score (nSPS) is 12.0. The lowest BCUT2D eigenvalue weighted by atomic mass is 10.0. The first-order valence-corrected chi connectivity index (χ1v) is 18.2. The van der Waals surface area contributed by atoms with Crippen molar-refractivity contribution in [1.29, 1.82) is 5.26 Å². The molecule has 254 valence electrons. The van der Waals surface area contributed by atoms with Gasteiger partial charge in [-0.05, 0) is 93.0 Å². The lowest BCUT2D eigenvalue weighted by Gasteiger charge is -2.09. The molecule has 0 N–H and O–H groups in total. The predicted molar refractivity (Wildman–Crippen MR) is 222 cm³/mol. The molecular formula is C49H26N4O2. The van der Waals surface area contributed by atoms with Gasteiger partial charge in [-0.3, -0.25) is 0 Å². The van der Waals surface area contributed by atoms with Crippen LogP contribution in [0.4, 0.5) is 0 Å². The number of hydrogen-bond donors (Lipinski definition) is 0. The second-order valence-corrected chi connectivity index (χ2v) is 14.1. The lowest BCUT2D eigenvalue weighted by Crippen LogP contribution is -1.97. The maximum Gasteiger partial charge on any atom is 0.227 e. The summed E-state index contributed by atoms with van der Waals surface area (Å²) in [5, 5.41) is 21.1. The molecule has 0 amide bonds. The van der Waals surface area contributed by atoms with Crippen LogP contribution in [0.5, 0.6) is 0 Å². The Morgan fingerprint density at radius 2 is 0.927 bits per heavy atom. The first-order valence-electron chi connectivity index (χ1n) is 18.2. The molecule has 0 atom stereocenters. The monoisotopic (exact) mass is 702 g/mol. The average Bonchev–Trinajstić information content (AvgIpc) is 3.97. The Morgan fingerprint density at radius 3 is 1.47 bits per heavy atom. The van der Waals surface area contributed by atoms with Crippen LogP contribution in [0.3, 0.4) is 0 Å². The van der Waals surface area contributed by atoms with Crippen molar-refractivity contribution in [2.45, 2.75) is 0 Å². The van der Waals surface area contributed by atoms with E-state index in [2.05, 4.69) is 132 Å². The largest absolute Gasteiger partial charge is 0.435 e. The van der Waals surface area contributed by atoms with E-state index < -0.39 is 0 Å². The third-order valence-corrected chi connectivity index (χ3v) is 11.0. The molecule has 0 spiro atoms. The molecule has 6 nitrogen and oxygen atoms in total. The molecule has 0 saturated carbocycles. The van der Waals surface area contributed by atoms with Gasteiger partial charge in [0.05, 0.1) is 22.3 Å². The van der Waals surface area contributed by atoms with Gasteiger partial charge in [0.1, 0.15) is 17.1 Å². The van der Waals surface area contributed by atoms with E-state index in [-0.39, 0.29) is 0 Å². The molecule has 9 aromatic carbocycles. The van der Waals surface area contributed by atoms with Gasteiger partial charge < -0.3 is 13.4 Å². The number of para-hydroxylation sites is 1. The Balaban J connectivity index is 1.09. The van der Waals surface area contributed by atoms with Crippen LogP contribution in [0, 0.1) is 11.3 Å². The Labute approximate surface area is 312 Å². The van der Waals surface area contributed by atoms with Crippen LogP contribution in [0.1, 0.15) is 5.56 Å². The number of hydrogen-bond acceptors (Lipinski definition) is 5. The van der Waals surface area contributed by atoms with Gasteiger partial charge in [0, 0.05) is 32.7 Å². The molecule has 0 aliphatic heterocycles. The number of benzene rings is 9. The van der Waals surface area contributed by atoms with Crippen LogP contribution in [-0.2, 0) is 0 Å². The zero-order valence-corrected chi connectivity index (χ0v) is 29.1. The third kappa shape index (κ3) is 4.29. The van der Waals surface area contributed by atoms with Crippen molar-refractivity contribution in [3.63, 3.8) is 0 Å². The number of nitriles is 1. The van der Waals surface area contributed by atoms with Gasteiger partial charge in [-0.15, -0.1) is 0 Å². The van der Waals surface area contributed by atoms with Gasteiger partial charge in [-0.2, -0.15) is 5.26 Å². The van der Waals surface area contributed by atoms with Crippen molar-refractivity contribution >= 4 is 87.1 Å². The summed E-state index contributed by atoms with van der Waals surface area (Å²) in [7, 11) is 0. The Kier molecular flexibility index (Phi) is 6.03. The van der Waals surface area contributed by atoms with Crippen LogP contribution in [0.25, 0.3) is 116 Å². The van der Waals surface area contributed by atoms with Crippen molar-refractivity contribution < 1.29 is 8.83 Å². The van der Waals surface area contributed by atoms with Crippen LogP contribution in [-0.4, -0.2) is 14.5 Å². The maximum absolute atomic E-state index is 10.2. The highest BCUT2D eigenvalue weighted by molar-refractivity contribution is 6.19. The summed E-state index contributed by atoms with van der Waals surface area (Å²) in [6.07, 6.45) is 0. The van der Waals surface area contributed by atoms with E-state index in [0.29, 0.717) is 17.3 Å². The van der Waals surface area contributed by atoms with E-state index in [9.17, 15) is 5.26 Å². The lowest BCUT2D eigenvalue weighted by molar-refractivity contribution is 0.623. The first-order chi connectivity index (χ1) is 27.2. The van der Waals surface area contributed by atoms with Gasteiger partial charge in [-0.1, -0.05) is 97.1 Å². The van der Waals surface area contributed by atoms with Crippen molar-refractivity contribution in [3.8, 4) is 34.7 Å². The average molecular weight is 703 g/mol. The summed E-state index contributed by atoms with van der Waals surface area (Å²) in [5.41, 5.74) is 8.19. The van der Waals surface area contributed by atoms with Crippen LogP contribution >= 0.6 is 0 Å². The molecule has 0 radical (unpaired) electrons. The molecular weight excluding hydrogens is 677 g/mol. The van der Waals surface area contributed by atoms with Gasteiger partial charge in [0.15, 0.2) is 11.2 Å². The third-order valence-electron chi connectivity index (χ3n) is 11.0. The fraction of sp³-hybridized carbons (Fsp3) is 0. The SMILES string of the molecule is N#Cc1ccccc1-n1c2ccc(-c3nc4ccc5ccc6ccccc6c5c4o3)cc2c2cc(-c3nc4ccc5ccc6ccccc6c5c4o3)ccc21. The van der Waals surface area contributed by atoms with Gasteiger partial charge in [-0.25, -0.2) is 9.97 Å². The minimum atomic E-state index is 0.546. The highest BCUT2D eigenvalue weighted by Crippen LogP contribution is 2.41. The summed E-state index contributed by atoms with van der Waals surface area (Å²) in [6.45, 7) is 0. The molecule has 0 saturated heterocycles. The minimum Gasteiger partial charge on any atom is -0.435 e. The zero-order chi connectivity index (χ0) is 36.2. The molecule has 0 bridgehead atoms. The van der Waals surface area contributed by atoms with Gasteiger partial charge in [0.2, 0.25) is 11.8 Å². The minimum absolute atomic E-state index is 0.546. The molecule has 0 aliphatic carbocycles. The second-order valence-electron chi connectivity index (χ2n) is 14.1. The van der Waals surface area contributed by atoms with Crippen LogP contribution in [0.2, 0.25) is 0 Å². The topological polar surface area (TPSA) is 80.8 Å². The van der Waals surface area contributed by atoms with Gasteiger partial charge in [0.25, 0.3) is 0 Å². The summed E-state index contributed by atoms with van der Waals surface area (Å²) < 4.78 is 15.5. The van der Waals surface area contributed by atoms with E-state index in [1.165, 1.54) is 0 Å². The van der Waals surface area contributed by atoms with E-state index in [4.69, 9.17) is 18.8 Å². The Bertz CT molecular complexity index is 3430. The summed E-state index contributed by atoms with van der Waals surface area (Å²) in [6, 6.07) is 56.3. The molecule has 12 rings (SSSR count). The van der Waals surface area contributed by atoms with Crippen molar-refractivity contribution in [1.82, 2.24) is 14.5 Å². The van der Waals surface area contributed by atoms with E-state index >= 15 is 0 Å². The number of fused-ring (bicyclic) bond motifs is 13. The number of aromatic nitrogens is 3. The summed E-state index contributed by atoms with van der Waals surface area (Å²) in [4.78, 5) is 10.0. The van der Waals surface area contributed by atoms with E-state index in [0.717, 1.165) is 104 Å². The highest BCUT2D eigenvalue weighted by atomic mass is 16.4. The smallest absolute Gasteiger partial charge is 0.227 e. The predicted octanol–water partition coefficient (Wildman–Crippen LogP) is 12.9. The molecule has 0 aliphatic rings. The summed E-state index contributed by atoms with van der Waals surface area (Å²) >= 11 is 0. The van der Waals surface area contributed by atoms with E-state index in [1.54, 1.807) is 0 Å². The molecule has 12 aromatic rings. The second kappa shape index (κ2) is 11.1. The Morgan fingerprint density at radius 1 is 0.455 bits per heavy atom. The van der Waals surface area contributed by atoms with Crippen LogP contribution in [0.15, 0.2) is 167 Å². The Hall–Kier alpha value is -7.75. The molecule has 55 heavy (non-hydrogen) atoms. The standard InChI is InChI=1S/C49H26N4O2/c50-27-34-9-3-6-12-41(34)53-42-23-19-32(48-51-39-21-17-30-15-13-28-7-1-4-10-35(28)44(30)46(39)54-48)25-37(42)38-26-33(20-24-43(38)53)49-52-40-22-18-31-16-14-29-8-2-5-11-36(29)45(31)47(40)55-49/h1-26H. The van der Waals surface area contributed by atoms with Crippen molar-refractivity contribution in [3.05, 3.63) is 163 Å². The first kappa shape index (κ1) is 29.8. The zero-order valence-electron chi connectivity index (χ0n) is 29.1. The molecule has 0 fully saturated rings. The quantitative estimate of drug-likeness (QED) is 0.171. The number of rotatable bonds is 3. The number of nitrogens with zero attached hydrogens (tertiary/aromatic N) is 4.